The molecule has 0 saturated heterocycles. The van der Waals surface area contributed by atoms with Crippen LogP contribution in [0, 0.1) is 0 Å². The number of nitrogens with one attached hydrogen (secondary N) is 1. The number of halogens is 4. The van der Waals surface area contributed by atoms with Gasteiger partial charge in [0.25, 0.3) is 0 Å². The van der Waals surface area contributed by atoms with Gasteiger partial charge in [-0.1, -0.05) is 36.4 Å². The third-order valence-electron chi connectivity index (χ3n) is 2.96. The SMILES string of the molecule is F[B-](F)(F)F.c1ccc(-c2cccc(-c3ccccc3)[nH+]2)cc1. The van der Waals surface area contributed by atoms with Crippen molar-refractivity contribution in [2.24, 2.45) is 0 Å². The highest BCUT2D eigenvalue weighted by Gasteiger charge is 2.20. The van der Waals surface area contributed by atoms with Crippen LogP contribution in [0.2, 0.25) is 0 Å². The fourth-order valence-electron chi connectivity index (χ4n) is 2.04. The van der Waals surface area contributed by atoms with Crippen LogP contribution >= 0.6 is 0 Å². The lowest BCUT2D eigenvalue weighted by atomic mass is 10.1. The number of aromatic nitrogens is 1. The van der Waals surface area contributed by atoms with Gasteiger partial charge in [0.2, 0.25) is 11.4 Å². The van der Waals surface area contributed by atoms with Gasteiger partial charge in [0.05, 0.1) is 0 Å². The van der Waals surface area contributed by atoms with E-state index in [1.54, 1.807) is 0 Å². The maximum Gasteiger partial charge on any atom is 0.673 e. The molecule has 1 heterocycles. The molecule has 0 fully saturated rings. The van der Waals surface area contributed by atoms with Gasteiger partial charge in [-0.3, -0.25) is 0 Å². The van der Waals surface area contributed by atoms with Crippen molar-refractivity contribution in [1.82, 2.24) is 0 Å². The smallest absolute Gasteiger partial charge is 0.418 e. The van der Waals surface area contributed by atoms with E-state index in [1.165, 1.54) is 11.1 Å². The summed E-state index contributed by atoms with van der Waals surface area (Å²) >= 11 is 0. The zero-order valence-corrected chi connectivity index (χ0v) is 12.1. The van der Waals surface area contributed by atoms with Gasteiger partial charge in [-0.25, -0.2) is 4.98 Å². The summed E-state index contributed by atoms with van der Waals surface area (Å²) in [5.74, 6) is 0. The molecule has 0 aliphatic heterocycles. The molecule has 0 unspecified atom stereocenters. The minimum atomic E-state index is -6.00. The van der Waals surface area contributed by atoms with Gasteiger partial charge < -0.3 is 17.3 Å². The number of hydrogen-bond acceptors (Lipinski definition) is 0. The Kier molecular flexibility index (Phi) is 5.52. The van der Waals surface area contributed by atoms with Crippen LogP contribution in [-0.2, 0) is 0 Å². The predicted octanol–water partition coefficient (Wildman–Crippen LogP) is 5.13. The molecule has 1 N–H and O–H groups in total. The zero-order chi connectivity index (χ0) is 16.7. The van der Waals surface area contributed by atoms with E-state index in [-0.39, 0.29) is 0 Å². The van der Waals surface area contributed by atoms with Crippen molar-refractivity contribution in [2.75, 3.05) is 0 Å². The summed E-state index contributed by atoms with van der Waals surface area (Å²) in [6.45, 7) is 0. The molecule has 0 saturated carbocycles. The molecule has 0 spiro atoms. The van der Waals surface area contributed by atoms with Gasteiger partial charge in [0.15, 0.2) is 0 Å². The molecule has 3 rings (SSSR count). The molecular formula is C17H14BF4N. The second kappa shape index (κ2) is 7.58. The lowest BCUT2D eigenvalue weighted by molar-refractivity contribution is -0.351. The van der Waals surface area contributed by atoms with Crippen molar-refractivity contribution >= 4 is 7.25 Å². The highest BCUT2D eigenvalue weighted by Crippen LogP contribution is 2.18. The van der Waals surface area contributed by atoms with E-state index in [0.29, 0.717) is 0 Å². The second-order valence-electron chi connectivity index (χ2n) is 4.71. The van der Waals surface area contributed by atoms with E-state index in [0.717, 1.165) is 11.4 Å². The van der Waals surface area contributed by atoms with E-state index in [1.807, 2.05) is 12.1 Å². The van der Waals surface area contributed by atoms with Crippen LogP contribution in [0.5, 0.6) is 0 Å². The maximum atomic E-state index is 9.75. The lowest BCUT2D eigenvalue weighted by Gasteiger charge is -1.98. The number of hydrogen-bond donors (Lipinski definition) is 0. The predicted molar refractivity (Wildman–Crippen MR) is 84.1 cm³/mol. The minimum absolute atomic E-state index is 1.14. The second-order valence-corrected chi connectivity index (χ2v) is 4.71. The van der Waals surface area contributed by atoms with Crippen molar-refractivity contribution < 1.29 is 22.2 Å². The Morgan fingerprint density at radius 3 is 1.22 bits per heavy atom. The average Bonchev–Trinajstić information content (AvgIpc) is 2.55. The van der Waals surface area contributed by atoms with Gasteiger partial charge >= 0.3 is 7.25 Å². The summed E-state index contributed by atoms with van der Waals surface area (Å²) in [7, 11) is -6.00. The summed E-state index contributed by atoms with van der Waals surface area (Å²) in [5.41, 5.74) is 4.68. The van der Waals surface area contributed by atoms with Crippen molar-refractivity contribution in [1.29, 1.82) is 0 Å². The summed E-state index contributed by atoms with van der Waals surface area (Å²) < 4.78 is 39.0. The van der Waals surface area contributed by atoms with Gasteiger partial charge in [0, 0.05) is 23.3 Å². The molecule has 0 aliphatic carbocycles. The molecule has 0 aliphatic rings. The van der Waals surface area contributed by atoms with Crippen LogP contribution in [-0.4, -0.2) is 7.25 Å². The largest absolute Gasteiger partial charge is 0.673 e. The number of benzene rings is 2. The highest BCUT2D eigenvalue weighted by molar-refractivity contribution is 6.50. The Hall–Kier alpha value is -2.63. The van der Waals surface area contributed by atoms with Crippen LogP contribution in [0.1, 0.15) is 0 Å². The van der Waals surface area contributed by atoms with E-state index in [9.17, 15) is 17.3 Å². The van der Waals surface area contributed by atoms with E-state index < -0.39 is 7.25 Å². The highest BCUT2D eigenvalue weighted by atomic mass is 19.5. The lowest BCUT2D eigenvalue weighted by Crippen LogP contribution is -2.10. The molecule has 0 bridgehead atoms. The molecule has 23 heavy (non-hydrogen) atoms. The molecular weight excluding hydrogens is 305 g/mol. The summed E-state index contributed by atoms with van der Waals surface area (Å²) in [4.78, 5) is 3.48. The zero-order valence-electron chi connectivity index (χ0n) is 12.1. The third-order valence-corrected chi connectivity index (χ3v) is 2.96. The third kappa shape index (κ3) is 5.94. The van der Waals surface area contributed by atoms with Crippen LogP contribution in [0.25, 0.3) is 22.5 Å². The van der Waals surface area contributed by atoms with Gasteiger partial charge in [-0.2, -0.15) is 0 Å². The van der Waals surface area contributed by atoms with E-state index >= 15 is 0 Å². The number of aromatic amines is 1. The minimum Gasteiger partial charge on any atom is -0.418 e. The fraction of sp³-hybridized carbons (Fsp3) is 0. The molecule has 1 aromatic heterocycles. The Bertz CT molecular complexity index is 670. The Morgan fingerprint density at radius 2 is 0.870 bits per heavy atom. The number of rotatable bonds is 2. The van der Waals surface area contributed by atoms with Gasteiger partial charge in [-0.05, 0) is 30.3 Å². The Labute approximate surface area is 131 Å². The average molecular weight is 319 g/mol. The molecule has 0 amide bonds. The van der Waals surface area contributed by atoms with Crippen molar-refractivity contribution in [2.45, 2.75) is 0 Å². The molecule has 1 nitrogen and oxygen atoms in total. The van der Waals surface area contributed by atoms with Crippen molar-refractivity contribution in [3.63, 3.8) is 0 Å². The first-order valence-electron chi connectivity index (χ1n) is 6.94. The van der Waals surface area contributed by atoms with Crippen LogP contribution < -0.4 is 4.98 Å². The van der Waals surface area contributed by atoms with Crippen molar-refractivity contribution in [3.8, 4) is 22.5 Å². The van der Waals surface area contributed by atoms with Gasteiger partial charge in [-0.15, -0.1) is 0 Å². The summed E-state index contributed by atoms with van der Waals surface area (Å²) in [5, 5.41) is 0. The number of H-pyrrole nitrogens is 1. The molecule has 2 aromatic carbocycles. The van der Waals surface area contributed by atoms with Crippen LogP contribution in [0.3, 0.4) is 0 Å². The first-order valence-corrected chi connectivity index (χ1v) is 6.94. The quantitative estimate of drug-likeness (QED) is 0.459. The standard InChI is InChI=1S/C17H13N.BF4/c1-3-8-14(9-4-1)16-12-7-13-17(18-16)15-10-5-2-6-11-15;2-1(3,4)5/h1-13H;/q;-1/p+1. The molecule has 0 radical (unpaired) electrons. The first kappa shape index (κ1) is 16.7. The molecule has 118 valence electrons. The topological polar surface area (TPSA) is 14.1 Å². The summed E-state index contributed by atoms with van der Waals surface area (Å²) in [6, 6.07) is 27.0. The molecule has 0 atom stereocenters. The van der Waals surface area contributed by atoms with Gasteiger partial charge in [0.1, 0.15) is 0 Å². The summed E-state index contributed by atoms with van der Waals surface area (Å²) in [6.07, 6.45) is 0. The van der Waals surface area contributed by atoms with Crippen LogP contribution in [0.4, 0.5) is 17.3 Å². The van der Waals surface area contributed by atoms with Crippen molar-refractivity contribution in [3.05, 3.63) is 78.9 Å². The molecule has 6 heteroatoms. The normalized spacial score (nSPS) is 10.6. The first-order chi connectivity index (χ1) is 10.9. The fourth-order valence-corrected chi connectivity index (χ4v) is 2.04. The monoisotopic (exact) mass is 319 g/mol. The van der Waals surface area contributed by atoms with Crippen LogP contribution in [0.15, 0.2) is 78.9 Å². The maximum absolute atomic E-state index is 9.75. The molecule has 3 aromatic rings. The Balaban J connectivity index is 0.000000338. The van der Waals surface area contributed by atoms with E-state index in [2.05, 4.69) is 71.7 Å². The van der Waals surface area contributed by atoms with E-state index in [4.69, 9.17) is 0 Å². The Morgan fingerprint density at radius 1 is 0.522 bits per heavy atom. The number of pyridine rings is 1.